The Morgan fingerprint density at radius 2 is 0.678 bits per heavy atom. The maximum Gasteiger partial charge on any atom is 0.0546 e. The molecule has 0 N–H and O–H groups in total. The Bertz CT molecular complexity index is 3320. The molecule has 0 bridgehead atoms. The molecule has 2 aromatic heterocycles. The van der Waals surface area contributed by atoms with Crippen molar-refractivity contribution in [2.75, 3.05) is 4.90 Å². The fourth-order valence-electron chi connectivity index (χ4n) is 9.54. The highest BCUT2D eigenvalue weighted by atomic mass is 15.2. The van der Waals surface area contributed by atoms with Crippen molar-refractivity contribution >= 4 is 82.2 Å². The maximum absolute atomic E-state index is 2.47. The van der Waals surface area contributed by atoms with E-state index in [-0.39, 0.29) is 0 Å². The molecule has 0 atom stereocenters. The molecule has 0 amide bonds. The number of aromatic nitrogens is 2. The van der Waals surface area contributed by atoms with Crippen molar-refractivity contribution in [3.8, 4) is 22.5 Å². The number of hydrogen-bond donors (Lipinski definition) is 0. The third kappa shape index (κ3) is 5.22. The SMILES string of the molecule is c1cc(N(c2cccc(-n3c4ccccc4c4ccccc43)c2)c2ccc3ccccc3c2-c2cccc3ccccc23)cc(-n2c3ccccc3c3ccccc32)c1. The zero-order chi connectivity index (χ0) is 38.9. The van der Waals surface area contributed by atoms with E-state index in [1.165, 1.54) is 76.3 Å². The van der Waals surface area contributed by atoms with Crippen molar-refractivity contribution in [2.24, 2.45) is 0 Å². The summed E-state index contributed by atoms with van der Waals surface area (Å²) in [6.07, 6.45) is 0. The van der Waals surface area contributed by atoms with Gasteiger partial charge >= 0.3 is 0 Å². The highest BCUT2D eigenvalue weighted by Gasteiger charge is 2.23. The summed E-state index contributed by atoms with van der Waals surface area (Å²) in [6, 6.07) is 81.9. The zero-order valence-corrected chi connectivity index (χ0v) is 32.2. The van der Waals surface area contributed by atoms with Crippen LogP contribution in [0.1, 0.15) is 0 Å². The lowest BCUT2D eigenvalue weighted by atomic mass is 9.91. The maximum atomic E-state index is 2.47. The quantitative estimate of drug-likeness (QED) is 0.165. The lowest BCUT2D eigenvalue weighted by Gasteiger charge is -2.30. The van der Waals surface area contributed by atoms with E-state index in [0.717, 1.165) is 28.4 Å². The van der Waals surface area contributed by atoms with Crippen LogP contribution in [0.15, 0.2) is 224 Å². The van der Waals surface area contributed by atoms with E-state index in [1.54, 1.807) is 0 Å². The van der Waals surface area contributed by atoms with Gasteiger partial charge in [0.15, 0.2) is 0 Å². The first-order valence-corrected chi connectivity index (χ1v) is 20.3. The number of rotatable bonds is 6. The van der Waals surface area contributed by atoms with Gasteiger partial charge in [0.1, 0.15) is 0 Å². The highest BCUT2D eigenvalue weighted by Crippen LogP contribution is 2.47. The van der Waals surface area contributed by atoms with Gasteiger partial charge in [0.2, 0.25) is 0 Å². The molecule has 0 aliphatic carbocycles. The average Bonchev–Trinajstić information content (AvgIpc) is 3.82. The molecule has 3 heteroatoms. The molecule has 0 fully saturated rings. The van der Waals surface area contributed by atoms with Crippen LogP contribution in [0.4, 0.5) is 17.1 Å². The second-order valence-electron chi connectivity index (χ2n) is 15.3. The largest absolute Gasteiger partial charge is 0.310 e. The van der Waals surface area contributed by atoms with Gasteiger partial charge in [-0.15, -0.1) is 0 Å². The minimum atomic E-state index is 1.07. The van der Waals surface area contributed by atoms with Gasteiger partial charge in [-0.25, -0.2) is 0 Å². The van der Waals surface area contributed by atoms with Gasteiger partial charge in [-0.1, -0.05) is 158 Å². The average molecular weight is 752 g/mol. The Labute approximate surface area is 341 Å². The van der Waals surface area contributed by atoms with Crippen molar-refractivity contribution in [3.63, 3.8) is 0 Å². The summed E-state index contributed by atoms with van der Waals surface area (Å²) in [6.45, 7) is 0. The topological polar surface area (TPSA) is 13.1 Å². The first-order chi connectivity index (χ1) is 29.3. The van der Waals surface area contributed by atoms with Crippen molar-refractivity contribution < 1.29 is 0 Å². The highest BCUT2D eigenvalue weighted by molar-refractivity contribution is 6.13. The van der Waals surface area contributed by atoms with Gasteiger partial charge in [-0.2, -0.15) is 0 Å². The summed E-state index contributed by atoms with van der Waals surface area (Å²) in [5.74, 6) is 0. The van der Waals surface area contributed by atoms with Crippen molar-refractivity contribution in [2.45, 2.75) is 0 Å². The zero-order valence-electron chi connectivity index (χ0n) is 32.2. The van der Waals surface area contributed by atoms with Gasteiger partial charge in [0.05, 0.1) is 27.8 Å². The Balaban J connectivity index is 1.16. The standard InChI is InChI=1S/C56H37N3/c1-3-23-44-38(16-1)18-13-29-50(44)56-45-24-4-2-17-39(45)34-35-55(56)57(40-19-14-21-42(36-40)58-51-30-9-5-25-46(51)47-26-6-10-31-52(47)58)41-20-15-22-43(37-41)59-53-32-11-7-27-48(53)49-28-8-12-33-54(49)59/h1-37H. The molecule has 0 saturated heterocycles. The predicted molar refractivity (Wildman–Crippen MR) is 250 cm³/mol. The van der Waals surface area contributed by atoms with Gasteiger partial charge in [-0.05, 0) is 93.8 Å². The van der Waals surface area contributed by atoms with Crippen LogP contribution in [0.2, 0.25) is 0 Å². The minimum Gasteiger partial charge on any atom is -0.310 e. The summed E-state index contributed by atoms with van der Waals surface area (Å²) in [5, 5.41) is 9.85. The van der Waals surface area contributed by atoms with Gasteiger partial charge in [0.25, 0.3) is 0 Å². The summed E-state index contributed by atoms with van der Waals surface area (Å²) in [4.78, 5) is 2.47. The molecule has 0 aliphatic heterocycles. The molecule has 3 nitrogen and oxygen atoms in total. The number of nitrogens with zero attached hydrogens (tertiary/aromatic N) is 3. The Hall–Kier alpha value is -7.88. The first-order valence-electron chi connectivity index (χ1n) is 20.3. The van der Waals surface area contributed by atoms with E-state index in [9.17, 15) is 0 Å². The van der Waals surface area contributed by atoms with E-state index >= 15 is 0 Å². The summed E-state index contributed by atoms with van der Waals surface area (Å²) in [7, 11) is 0. The minimum absolute atomic E-state index is 1.07. The molecule has 0 saturated carbocycles. The van der Waals surface area contributed by atoms with Crippen molar-refractivity contribution in [3.05, 3.63) is 224 Å². The normalized spacial score (nSPS) is 11.7. The third-order valence-electron chi connectivity index (χ3n) is 12.1. The molecule has 10 aromatic carbocycles. The molecule has 0 radical (unpaired) electrons. The van der Waals surface area contributed by atoms with Crippen LogP contribution >= 0.6 is 0 Å². The number of anilines is 3. The number of hydrogen-bond acceptors (Lipinski definition) is 1. The van der Waals surface area contributed by atoms with Crippen LogP contribution in [0.25, 0.3) is 87.7 Å². The van der Waals surface area contributed by atoms with E-state index in [2.05, 4.69) is 238 Å². The number of benzene rings is 10. The Morgan fingerprint density at radius 1 is 0.288 bits per heavy atom. The monoisotopic (exact) mass is 751 g/mol. The number of fused-ring (bicyclic) bond motifs is 8. The molecular weight excluding hydrogens is 715 g/mol. The molecular formula is C56H37N3. The number of para-hydroxylation sites is 4. The third-order valence-corrected chi connectivity index (χ3v) is 12.1. The molecule has 12 rings (SSSR count). The Kier molecular flexibility index (Phi) is 7.54. The molecule has 0 aliphatic rings. The van der Waals surface area contributed by atoms with Gasteiger partial charge < -0.3 is 14.0 Å². The van der Waals surface area contributed by atoms with E-state index in [1.807, 2.05) is 0 Å². The summed E-state index contributed by atoms with van der Waals surface area (Å²) < 4.78 is 4.82. The van der Waals surface area contributed by atoms with E-state index in [4.69, 9.17) is 0 Å². The molecule has 2 heterocycles. The lowest BCUT2D eigenvalue weighted by molar-refractivity contribution is 1.16. The Morgan fingerprint density at radius 3 is 1.19 bits per heavy atom. The van der Waals surface area contributed by atoms with Gasteiger partial charge in [-0.3, -0.25) is 0 Å². The molecule has 276 valence electrons. The summed E-state index contributed by atoms with van der Waals surface area (Å²) >= 11 is 0. The van der Waals surface area contributed by atoms with Crippen molar-refractivity contribution in [1.29, 1.82) is 0 Å². The molecule has 0 unspecified atom stereocenters. The van der Waals surface area contributed by atoms with Crippen LogP contribution in [0.5, 0.6) is 0 Å². The summed E-state index contributed by atoms with van der Waals surface area (Å²) in [5.41, 5.74) is 12.6. The molecule has 12 aromatic rings. The van der Waals surface area contributed by atoms with Crippen molar-refractivity contribution in [1.82, 2.24) is 9.13 Å². The second kappa shape index (κ2) is 13.4. The van der Waals surface area contributed by atoms with Crippen LogP contribution in [0, 0.1) is 0 Å². The predicted octanol–water partition coefficient (Wildman–Crippen LogP) is 15.3. The lowest BCUT2D eigenvalue weighted by Crippen LogP contribution is -2.12. The van der Waals surface area contributed by atoms with E-state index in [0.29, 0.717) is 0 Å². The fourth-order valence-corrected chi connectivity index (χ4v) is 9.54. The molecule has 59 heavy (non-hydrogen) atoms. The molecule has 0 spiro atoms. The van der Waals surface area contributed by atoms with Gasteiger partial charge in [0, 0.05) is 49.9 Å². The fraction of sp³-hybridized carbons (Fsp3) is 0. The van der Waals surface area contributed by atoms with Crippen LogP contribution in [-0.2, 0) is 0 Å². The van der Waals surface area contributed by atoms with Crippen LogP contribution in [0.3, 0.4) is 0 Å². The second-order valence-corrected chi connectivity index (χ2v) is 15.3. The van der Waals surface area contributed by atoms with E-state index < -0.39 is 0 Å². The smallest absolute Gasteiger partial charge is 0.0546 e. The first kappa shape index (κ1) is 33.3. The van der Waals surface area contributed by atoms with Crippen LogP contribution < -0.4 is 4.90 Å². The van der Waals surface area contributed by atoms with Crippen LogP contribution in [-0.4, -0.2) is 9.13 Å².